The summed E-state index contributed by atoms with van der Waals surface area (Å²) in [6.07, 6.45) is 2.73. The van der Waals surface area contributed by atoms with Crippen LogP contribution in [0.25, 0.3) is 0 Å². The lowest BCUT2D eigenvalue weighted by molar-refractivity contribution is -0.118. The Labute approximate surface area is 114 Å². The van der Waals surface area contributed by atoms with Crippen molar-refractivity contribution >= 4 is 11.6 Å². The van der Waals surface area contributed by atoms with Gasteiger partial charge in [-0.05, 0) is 37.1 Å². The van der Waals surface area contributed by atoms with E-state index in [0.717, 1.165) is 18.5 Å². The fraction of sp³-hybridized carbons (Fsp3) is 0.467. The van der Waals surface area contributed by atoms with E-state index in [1.165, 1.54) is 11.1 Å². The fourth-order valence-electron chi connectivity index (χ4n) is 2.58. The first kappa shape index (κ1) is 13.6. The van der Waals surface area contributed by atoms with Crippen molar-refractivity contribution in [2.75, 3.05) is 19.0 Å². The van der Waals surface area contributed by atoms with Gasteiger partial charge in [-0.25, -0.2) is 0 Å². The summed E-state index contributed by atoms with van der Waals surface area (Å²) in [5, 5.41) is 11.9. The molecule has 0 saturated heterocycles. The van der Waals surface area contributed by atoms with E-state index in [2.05, 4.69) is 17.5 Å². The van der Waals surface area contributed by atoms with Crippen LogP contribution in [-0.4, -0.2) is 20.0 Å². The van der Waals surface area contributed by atoms with Gasteiger partial charge in [-0.3, -0.25) is 4.79 Å². The van der Waals surface area contributed by atoms with Gasteiger partial charge in [0, 0.05) is 31.6 Å². The van der Waals surface area contributed by atoms with E-state index < -0.39 is 0 Å². The molecular formula is C15H19N3O. The standard InChI is InChI=1S/C15H19N3O/c1-17-13(4-3-9-16)11-5-7-14-12(10-11)6-8-15(19)18(14)2/h5,7,10,13,17H,3-4,6,8H2,1-2H3. The third kappa shape index (κ3) is 2.77. The van der Waals surface area contributed by atoms with E-state index in [1.807, 2.05) is 26.2 Å². The van der Waals surface area contributed by atoms with Crippen LogP contribution in [0.1, 0.15) is 36.4 Å². The van der Waals surface area contributed by atoms with Crippen LogP contribution in [0.3, 0.4) is 0 Å². The third-order valence-corrected chi connectivity index (χ3v) is 3.74. The van der Waals surface area contributed by atoms with Crippen LogP contribution < -0.4 is 10.2 Å². The second-order valence-corrected chi connectivity index (χ2v) is 4.88. The van der Waals surface area contributed by atoms with Crippen molar-refractivity contribution in [3.8, 4) is 6.07 Å². The summed E-state index contributed by atoms with van der Waals surface area (Å²) in [6.45, 7) is 0. The largest absolute Gasteiger partial charge is 0.315 e. The molecule has 1 N–H and O–H groups in total. The Hall–Kier alpha value is -1.86. The number of nitrogens with zero attached hydrogens (tertiary/aromatic N) is 2. The summed E-state index contributed by atoms with van der Waals surface area (Å²) < 4.78 is 0. The average molecular weight is 257 g/mol. The van der Waals surface area contributed by atoms with Crippen molar-refractivity contribution in [3.63, 3.8) is 0 Å². The van der Waals surface area contributed by atoms with Gasteiger partial charge in [0.2, 0.25) is 5.91 Å². The maximum Gasteiger partial charge on any atom is 0.227 e. The minimum atomic E-state index is 0.176. The second kappa shape index (κ2) is 5.85. The van der Waals surface area contributed by atoms with E-state index in [0.29, 0.717) is 12.8 Å². The molecule has 1 aliphatic heterocycles. The number of hydrogen-bond donors (Lipinski definition) is 1. The van der Waals surface area contributed by atoms with Crippen LogP contribution in [0.15, 0.2) is 18.2 Å². The first-order chi connectivity index (χ1) is 9.17. The molecule has 1 atom stereocenters. The van der Waals surface area contributed by atoms with Gasteiger partial charge < -0.3 is 10.2 Å². The molecule has 2 rings (SSSR count). The van der Waals surface area contributed by atoms with Crippen LogP contribution in [0.2, 0.25) is 0 Å². The Morgan fingerprint density at radius 1 is 1.47 bits per heavy atom. The molecule has 0 radical (unpaired) electrons. The number of carbonyl (C=O) groups excluding carboxylic acids is 1. The highest BCUT2D eigenvalue weighted by Gasteiger charge is 2.21. The van der Waals surface area contributed by atoms with E-state index in [-0.39, 0.29) is 11.9 Å². The maximum absolute atomic E-state index is 11.7. The van der Waals surface area contributed by atoms with Crippen molar-refractivity contribution in [2.45, 2.75) is 31.7 Å². The smallest absolute Gasteiger partial charge is 0.227 e. The van der Waals surface area contributed by atoms with Gasteiger partial charge in [0.1, 0.15) is 0 Å². The summed E-state index contributed by atoms with van der Waals surface area (Å²) in [7, 11) is 3.74. The monoisotopic (exact) mass is 257 g/mol. The molecule has 0 saturated carbocycles. The number of rotatable bonds is 4. The molecule has 0 spiro atoms. The third-order valence-electron chi connectivity index (χ3n) is 3.74. The summed E-state index contributed by atoms with van der Waals surface area (Å²) in [4.78, 5) is 13.4. The number of carbonyl (C=O) groups is 1. The van der Waals surface area contributed by atoms with Crippen LogP contribution >= 0.6 is 0 Å². The van der Waals surface area contributed by atoms with Crippen molar-refractivity contribution in [1.82, 2.24) is 5.32 Å². The van der Waals surface area contributed by atoms with E-state index in [9.17, 15) is 4.79 Å². The molecule has 4 heteroatoms. The van der Waals surface area contributed by atoms with Crippen LogP contribution in [0.5, 0.6) is 0 Å². The zero-order valence-corrected chi connectivity index (χ0v) is 11.4. The Kier molecular flexibility index (Phi) is 4.18. The highest BCUT2D eigenvalue weighted by atomic mass is 16.2. The molecule has 0 fully saturated rings. The Balaban J connectivity index is 2.26. The summed E-state index contributed by atoms with van der Waals surface area (Å²) in [5.41, 5.74) is 3.42. The Bertz CT molecular complexity index is 519. The molecular weight excluding hydrogens is 238 g/mol. The highest BCUT2D eigenvalue weighted by molar-refractivity contribution is 5.95. The number of hydrogen-bond acceptors (Lipinski definition) is 3. The predicted octanol–water partition coefficient (Wildman–Crippen LogP) is 2.16. The minimum absolute atomic E-state index is 0.176. The second-order valence-electron chi connectivity index (χ2n) is 4.88. The van der Waals surface area contributed by atoms with Crippen molar-refractivity contribution < 1.29 is 4.79 Å². The number of anilines is 1. The lowest BCUT2D eigenvalue weighted by atomic mass is 9.95. The molecule has 1 heterocycles. The van der Waals surface area contributed by atoms with Crippen molar-refractivity contribution in [1.29, 1.82) is 5.26 Å². The summed E-state index contributed by atoms with van der Waals surface area (Å²) in [6, 6.07) is 8.61. The van der Waals surface area contributed by atoms with Crippen LogP contribution in [0, 0.1) is 11.3 Å². The molecule has 1 unspecified atom stereocenters. The van der Waals surface area contributed by atoms with Crippen molar-refractivity contribution in [3.05, 3.63) is 29.3 Å². The van der Waals surface area contributed by atoms with Crippen LogP contribution in [0.4, 0.5) is 5.69 Å². The first-order valence-corrected chi connectivity index (χ1v) is 6.61. The molecule has 0 aliphatic carbocycles. The molecule has 1 amide bonds. The minimum Gasteiger partial charge on any atom is -0.315 e. The molecule has 100 valence electrons. The number of nitriles is 1. The molecule has 1 aromatic rings. The van der Waals surface area contributed by atoms with Gasteiger partial charge in [0.05, 0.1) is 6.07 Å². The van der Waals surface area contributed by atoms with Gasteiger partial charge in [0.15, 0.2) is 0 Å². The topological polar surface area (TPSA) is 56.1 Å². The number of fused-ring (bicyclic) bond motifs is 1. The molecule has 1 aliphatic rings. The van der Waals surface area contributed by atoms with Gasteiger partial charge >= 0.3 is 0 Å². The number of nitrogens with one attached hydrogen (secondary N) is 1. The molecule has 4 nitrogen and oxygen atoms in total. The van der Waals surface area contributed by atoms with E-state index in [1.54, 1.807) is 4.90 Å². The molecule has 1 aromatic carbocycles. The maximum atomic E-state index is 11.7. The zero-order valence-electron chi connectivity index (χ0n) is 11.4. The van der Waals surface area contributed by atoms with Crippen LogP contribution in [-0.2, 0) is 11.2 Å². The average Bonchev–Trinajstić information content (AvgIpc) is 2.44. The Morgan fingerprint density at radius 2 is 2.26 bits per heavy atom. The van der Waals surface area contributed by atoms with Gasteiger partial charge in [-0.15, -0.1) is 0 Å². The molecule has 19 heavy (non-hydrogen) atoms. The normalized spacial score (nSPS) is 15.8. The van der Waals surface area contributed by atoms with Gasteiger partial charge in [-0.1, -0.05) is 12.1 Å². The lowest BCUT2D eigenvalue weighted by Crippen LogP contribution is -2.31. The Morgan fingerprint density at radius 3 is 2.95 bits per heavy atom. The SMILES string of the molecule is CNC(CCC#N)c1ccc2c(c1)CCC(=O)N2C. The molecule has 0 aromatic heterocycles. The van der Waals surface area contributed by atoms with Gasteiger partial charge in [0.25, 0.3) is 0 Å². The first-order valence-electron chi connectivity index (χ1n) is 6.61. The van der Waals surface area contributed by atoms with Crippen molar-refractivity contribution in [2.24, 2.45) is 0 Å². The summed E-state index contributed by atoms with van der Waals surface area (Å²) >= 11 is 0. The summed E-state index contributed by atoms with van der Waals surface area (Å²) in [5.74, 6) is 0.176. The van der Waals surface area contributed by atoms with E-state index in [4.69, 9.17) is 5.26 Å². The molecule has 0 bridgehead atoms. The predicted molar refractivity (Wildman–Crippen MR) is 74.8 cm³/mol. The van der Waals surface area contributed by atoms with E-state index >= 15 is 0 Å². The quantitative estimate of drug-likeness (QED) is 0.899. The van der Waals surface area contributed by atoms with Gasteiger partial charge in [-0.2, -0.15) is 5.26 Å². The number of amides is 1. The highest BCUT2D eigenvalue weighted by Crippen LogP contribution is 2.30. The lowest BCUT2D eigenvalue weighted by Gasteiger charge is -2.27. The fourth-order valence-corrected chi connectivity index (χ4v) is 2.58. The number of benzene rings is 1. The number of aryl methyl sites for hydroxylation is 1. The zero-order chi connectivity index (χ0) is 13.8.